The SMILES string of the molecule is CC(C)Nc1ncnc2c1ccn2[C@H]1CCC(CCc2ccc3cc(Cl)c(N)nc3c2)C1. The number of hydrogen-bond acceptors (Lipinski definition) is 5. The number of nitrogens with two attached hydrogens (primary N) is 1. The third-order valence-electron chi connectivity index (χ3n) is 6.55. The highest BCUT2D eigenvalue weighted by Gasteiger charge is 2.27. The Bertz CT molecular complexity index is 1260. The smallest absolute Gasteiger partial charge is 0.145 e. The number of anilines is 2. The van der Waals surface area contributed by atoms with Gasteiger partial charge in [0.1, 0.15) is 23.6 Å². The summed E-state index contributed by atoms with van der Waals surface area (Å²) in [4.78, 5) is 13.5. The fourth-order valence-electron chi connectivity index (χ4n) is 4.95. The van der Waals surface area contributed by atoms with Crippen molar-refractivity contribution in [3.8, 4) is 0 Å². The molecule has 2 atom stereocenters. The summed E-state index contributed by atoms with van der Waals surface area (Å²) in [6.45, 7) is 4.25. The molecule has 1 unspecified atom stereocenters. The number of rotatable bonds is 6. The summed E-state index contributed by atoms with van der Waals surface area (Å²) in [5.74, 6) is 2.03. The summed E-state index contributed by atoms with van der Waals surface area (Å²) < 4.78 is 2.36. The third-order valence-corrected chi connectivity index (χ3v) is 6.85. The molecule has 1 aliphatic carbocycles. The molecule has 3 aromatic heterocycles. The van der Waals surface area contributed by atoms with Gasteiger partial charge in [-0.15, -0.1) is 0 Å². The third kappa shape index (κ3) is 4.11. The van der Waals surface area contributed by atoms with Crippen LogP contribution < -0.4 is 11.1 Å². The van der Waals surface area contributed by atoms with Crippen LogP contribution in [0.3, 0.4) is 0 Å². The average molecular weight is 449 g/mol. The van der Waals surface area contributed by atoms with E-state index in [1.54, 1.807) is 6.33 Å². The van der Waals surface area contributed by atoms with Gasteiger partial charge in [-0.25, -0.2) is 15.0 Å². The van der Waals surface area contributed by atoms with Gasteiger partial charge in [-0.2, -0.15) is 0 Å². The van der Waals surface area contributed by atoms with Gasteiger partial charge in [-0.05, 0) is 75.6 Å². The number of nitrogens with one attached hydrogen (secondary N) is 1. The maximum atomic E-state index is 6.10. The van der Waals surface area contributed by atoms with Crippen LogP contribution in [-0.4, -0.2) is 25.6 Å². The predicted octanol–water partition coefficient (Wildman–Crippen LogP) is 6.01. The largest absolute Gasteiger partial charge is 0.382 e. The van der Waals surface area contributed by atoms with Gasteiger partial charge in [-0.1, -0.05) is 23.7 Å². The number of aromatic nitrogens is 4. The van der Waals surface area contributed by atoms with Crippen molar-refractivity contribution in [3.63, 3.8) is 0 Å². The van der Waals surface area contributed by atoms with E-state index in [1.165, 1.54) is 31.2 Å². The van der Waals surface area contributed by atoms with Crippen molar-refractivity contribution in [3.05, 3.63) is 53.4 Å². The molecule has 0 radical (unpaired) electrons. The summed E-state index contributed by atoms with van der Waals surface area (Å²) in [6, 6.07) is 11.3. The average Bonchev–Trinajstić information content (AvgIpc) is 3.40. The molecule has 0 saturated heterocycles. The minimum absolute atomic E-state index is 0.339. The van der Waals surface area contributed by atoms with Gasteiger partial charge in [0, 0.05) is 23.7 Å². The zero-order valence-corrected chi connectivity index (χ0v) is 19.3. The molecule has 1 fully saturated rings. The molecular formula is C25H29ClN6. The van der Waals surface area contributed by atoms with Crippen LogP contribution in [0, 0.1) is 5.92 Å². The lowest BCUT2D eigenvalue weighted by atomic mass is 9.97. The fourth-order valence-corrected chi connectivity index (χ4v) is 5.11. The van der Waals surface area contributed by atoms with Gasteiger partial charge in [0.2, 0.25) is 0 Å². The Morgan fingerprint density at radius 2 is 2.06 bits per heavy atom. The van der Waals surface area contributed by atoms with Crippen molar-refractivity contribution in [1.29, 1.82) is 0 Å². The molecular weight excluding hydrogens is 420 g/mol. The van der Waals surface area contributed by atoms with Crippen LogP contribution in [0.1, 0.15) is 51.1 Å². The first-order chi connectivity index (χ1) is 15.5. The molecule has 3 heterocycles. The van der Waals surface area contributed by atoms with Crippen LogP contribution in [0.5, 0.6) is 0 Å². The molecule has 166 valence electrons. The number of benzene rings is 1. The Morgan fingerprint density at radius 3 is 2.91 bits per heavy atom. The number of fused-ring (bicyclic) bond motifs is 2. The molecule has 0 aliphatic heterocycles. The van der Waals surface area contributed by atoms with E-state index in [-0.39, 0.29) is 0 Å². The Kier molecular flexibility index (Phi) is 5.64. The first kappa shape index (κ1) is 21.0. The normalized spacial score (nSPS) is 18.8. The summed E-state index contributed by atoms with van der Waals surface area (Å²) in [5.41, 5.74) is 9.14. The molecule has 6 nitrogen and oxygen atoms in total. The van der Waals surface area contributed by atoms with Crippen molar-refractivity contribution < 1.29 is 0 Å². The van der Waals surface area contributed by atoms with E-state index in [1.807, 2.05) is 6.07 Å². The van der Waals surface area contributed by atoms with Gasteiger partial charge in [0.05, 0.1) is 15.9 Å². The van der Waals surface area contributed by atoms with Crippen LogP contribution in [0.4, 0.5) is 11.6 Å². The second-order valence-electron chi connectivity index (χ2n) is 9.24. The Balaban J connectivity index is 1.26. The second kappa shape index (κ2) is 8.58. The lowest BCUT2D eigenvalue weighted by Gasteiger charge is -2.15. The molecule has 0 spiro atoms. The number of halogens is 1. The predicted molar refractivity (Wildman–Crippen MR) is 132 cm³/mol. The van der Waals surface area contributed by atoms with Crippen molar-refractivity contribution in [2.45, 2.75) is 58.0 Å². The van der Waals surface area contributed by atoms with Crippen molar-refractivity contribution in [2.24, 2.45) is 5.92 Å². The van der Waals surface area contributed by atoms with Crippen molar-refractivity contribution in [1.82, 2.24) is 19.5 Å². The van der Waals surface area contributed by atoms with E-state index in [9.17, 15) is 0 Å². The second-order valence-corrected chi connectivity index (χ2v) is 9.64. The molecule has 3 N–H and O–H groups in total. The maximum absolute atomic E-state index is 6.10. The Hall–Kier alpha value is -2.86. The van der Waals surface area contributed by atoms with Crippen LogP contribution in [0.25, 0.3) is 21.9 Å². The quantitative estimate of drug-likeness (QED) is 0.377. The van der Waals surface area contributed by atoms with E-state index >= 15 is 0 Å². The first-order valence-electron chi connectivity index (χ1n) is 11.4. The molecule has 32 heavy (non-hydrogen) atoms. The van der Waals surface area contributed by atoms with Gasteiger partial charge < -0.3 is 15.6 Å². The molecule has 0 bridgehead atoms. The monoisotopic (exact) mass is 448 g/mol. The van der Waals surface area contributed by atoms with Gasteiger partial charge >= 0.3 is 0 Å². The number of pyridine rings is 1. The fraction of sp³-hybridized carbons (Fsp3) is 0.400. The van der Waals surface area contributed by atoms with Crippen molar-refractivity contribution >= 4 is 45.2 Å². The minimum Gasteiger partial charge on any atom is -0.382 e. The summed E-state index contributed by atoms with van der Waals surface area (Å²) >= 11 is 6.10. The van der Waals surface area contributed by atoms with Crippen LogP contribution in [0.15, 0.2) is 42.9 Å². The maximum Gasteiger partial charge on any atom is 0.145 e. The first-order valence-corrected chi connectivity index (χ1v) is 11.8. The Labute approximate surface area is 193 Å². The van der Waals surface area contributed by atoms with Crippen LogP contribution in [0.2, 0.25) is 5.02 Å². The molecule has 1 saturated carbocycles. The highest BCUT2D eigenvalue weighted by atomic mass is 35.5. The van der Waals surface area contributed by atoms with E-state index < -0.39 is 0 Å². The highest BCUT2D eigenvalue weighted by molar-refractivity contribution is 6.33. The number of nitrogen functional groups attached to an aromatic ring is 1. The lowest BCUT2D eigenvalue weighted by Crippen LogP contribution is -2.12. The highest BCUT2D eigenvalue weighted by Crippen LogP contribution is 2.39. The van der Waals surface area contributed by atoms with Crippen molar-refractivity contribution in [2.75, 3.05) is 11.1 Å². The standard InChI is InChI=1S/C25H29ClN6/c1-15(2)30-24-20-9-10-32(25(20)29-14-28-24)19-8-6-16(11-19)3-4-17-5-7-18-13-21(26)23(27)31-22(18)12-17/h5,7,9-10,12-16,19H,3-4,6,8,11H2,1-2H3,(H2,27,31)(H,28,29,30)/t16?,19-/m0/s1. The molecule has 1 aromatic carbocycles. The van der Waals surface area contributed by atoms with E-state index in [0.717, 1.165) is 34.2 Å². The molecule has 1 aliphatic rings. The van der Waals surface area contributed by atoms with E-state index in [0.29, 0.717) is 28.8 Å². The molecule has 4 aromatic rings. The van der Waals surface area contributed by atoms with Crippen LogP contribution in [-0.2, 0) is 6.42 Å². The number of nitrogens with zero attached hydrogens (tertiary/aromatic N) is 4. The van der Waals surface area contributed by atoms with Gasteiger partial charge in [0.15, 0.2) is 0 Å². The summed E-state index contributed by atoms with van der Waals surface area (Å²) in [5, 5.41) is 6.08. The van der Waals surface area contributed by atoms with E-state index in [2.05, 4.69) is 69.1 Å². The molecule has 0 amide bonds. The topological polar surface area (TPSA) is 81.7 Å². The zero-order chi connectivity index (χ0) is 22.2. The lowest BCUT2D eigenvalue weighted by molar-refractivity contribution is 0.461. The minimum atomic E-state index is 0.339. The van der Waals surface area contributed by atoms with Gasteiger partial charge in [-0.3, -0.25) is 0 Å². The summed E-state index contributed by atoms with van der Waals surface area (Å²) in [7, 11) is 0. The number of aryl methyl sites for hydroxylation is 1. The molecule has 5 rings (SSSR count). The zero-order valence-electron chi connectivity index (χ0n) is 18.6. The van der Waals surface area contributed by atoms with Crippen LogP contribution >= 0.6 is 11.6 Å². The van der Waals surface area contributed by atoms with Gasteiger partial charge in [0.25, 0.3) is 0 Å². The molecule has 7 heteroatoms. The summed E-state index contributed by atoms with van der Waals surface area (Å²) in [6.07, 6.45) is 9.72. The van der Waals surface area contributed by atoms with E-state index in [4.69, 9.17) is 17.3 Å². The Morgan fingerprint density at radius 1 is 1.19 bits per heavy atom. The number of hydrogen-bond donors (Lipinski definition) is 2.